The van der Waals surface area contributed by atoms with Gasteiger partial charge in [-0.15, -0.1) is 0 Å². The topological polar surface area (TPSA) is 108 Å². The van der Waals surface area contributed by atoms with Crippen LogP contribution in [0.15, 0.2) is 52.5 Å². The minimum absolute atomic E-state index is 0.0144. The number of fused-ring (bicyclic) bond motifs is 1. The lowest BCUT2D eigenvalue weighted by molar-refractivity contribution is -0.118. The number of carbonyl (C=O) groups is 1. The Labute approximate surface area is 189 Å². The molecule has 0 spiro atoms. The van der Waals surface area contributed by atoms with Gasteiger partial charge >= 0.3 is 0 Å². The Balaban J connectivity index is 1.84. The zero-order chi connectivity index (χ0) is 23.5. The molecule has 0 fully saturated rings. The monoisotopic (exact) mass is 480 g/mol. The van der Waals surface area contributed by atoms with Crippen molar-refractivity contribution in [3.63, 3.8) is 0 Å². The van der Waals surface area contributed by atoms with Crippen molar-refractivity contribution in [3.05, 3.63) is 48.3 Å². The van der Waals surface area contributed by atoms with Crippen molar-refractivity contribution in [2.45, 2.75) is 36.5 Å². The Morgan fingerprint density at radius 3 is 2.41 bits per heavy atom. The zero-order valence-electron chi connectivity index (χ0n) is 18.4. The van der Waals surface area contributed by atoms with E-state index in [0.29, 0.717) is 38.2 Å². The van der Waals surface area contributed by atoms with E-state index in [4.69, 9.17) is 0 Å². The normalized spacial score (nSPS) is 14.6. The SMILES string of the molecule is CCN(CC)S(=O)(=O)c1ccc2c(c1)CCCN2C(=O)CN(C)S(=O)(=O)c1cccnc1. The number of benzene rings is 1. The average Bonchev–Trinajstić information content (AvgIpc) is 2.79. The Morgan fingerprint density at radius 1 is 1.06 bits per heavy atom. The average molecular weight is 481 g/mol. The molecule has 2 heterocycles. The number of sulfonamides is 2. The number of anilines is 1. The summed E-state index contributed by atoms with van der Waals surface area (Å²) < 4.78 is 53.5. The van der Waals surface area contributed by atoms with Crippen LogP contribution in [0.4, 0.5) is 5.69 Å². The second-order valence-corrected chi connectivity index (χ2v) is 11.5. The van der Waals surface area contributed by atoms with Crippen molar-refractivity contribution in [1.29, 1.82) is 0 Å². The van der Waals surface area contributed by atoms with Crippen molar-refractivity contribution in [2.24, 2.45) is 0 Å². The van der Waals surface area contributed by atoms with Crippen molar-refractivity contribution >= 4 is 31.6 Å². The largest absolute Gasteiger partial charge is 0.311 e. The van der Waals surface area contributed by atoms with E-state index in [1.165, 1.54) is 46.8 Å². The summed E-state index contributed by atoms with van der Waals surface area (Å²) in [6, 6.07) is 7.72. The van der Waals surface area contributed by atoms with Gasteiger partial charge in [0.05, 0.1) is 11.4 Å². The number of pyridine rings is 1. The Morgan fingerprint density at radius 2 is 1.78 bits per heavy atom. The number of aryl methyl sites for hydroxylation is 1. The minimum atomic E-state index is -3.85. The molecule has 1 amide bonds. The number of hydrogen-bond donors (Lipinski definition) is 0. The molecule has 1 aliphatic rings. The molecular weight excluding hydrogens is 452 g/mol. The molecule has 0 radical (unpaired) electrons. The predicted molar refractivity (Wildman–Crippen MR) is 121 cm³/mol. The van der Waals surface area contributed by atoms with Crippen LogP contribution in [-0.4, -0.2) is 69.6 Å². The van der Waals surface area contributed by atoms with Gasteiger partial charge in [0.15, 0.2) is 0 Å². The summed E-state index contributed by atoms with van der Waals surface area (Å²) in [5.74, 6) is -0.375. The number of likely N-dealkylation sites (N-methyl/N-ethyl adjacent to an activating group) is 1. The number of hydrogen-bond acceptors (Lipinski definition) is 6. The quantitative estimate of drug-likeness (QED) is 0.569. The van der Waals surface area contributed by atoms with E-state index in [9.17, 15) is 21.6 Å². The summed E-state index contributed by atoms with van der Waals surface area (Å²) >= 11 is 0. The van der Waals surface area contributed by atoms with Crippen LogP contribution in [0.1, 0.15) is 25.8 Å². The molecule has 0 bridgehead atoms. The minimum Gasteiger partial charge on any atom is -0.311 e. The number of aromatic nitrogens is 1. The van der Waals surface area contributed by atoms with Crippen molar-refractivity contribution in [1.82, 2.24) is 13.6 Å². The summed E-state index contributed by atoms with van der Waals surface area (Å²) in [5.41, 5.74) is 1.38. The van der Waals surface area contributed by atoms with Crippen LogP contribution in [0.3, 0.4) is 0 Å². The number of rotatable bonds is 8. The smallest absolute Gasteiger partial charge is 0.244 e. The highest BCUT2D eigenvalue weighted by Crippen LogP contribution is 2.31. The maximum Gasteiger partial charge on any atom is 0.244 e. The second kappa shape index (κ2) is 9.65. The Kier molecular flexibility index (Phi) is 7.33. The van der Waals surface area contributed by atoms with E-state index in [-0.39, 0.29) is 22.2 Å². The zero-order valence-corrected chi connectivity index (χ0v) is 20.1. The van der Waals surface area contributed by atoms with E-state index in [1.54, 1.807) is 26.0 Å². The van der Waals surface area contributed by atoms with Crippen LogP contribution < -0.4 is 4.90 Å². The predicted octanol–water partition coefficient (Wildman–Crippen LogP) is 1.71. The molecule has 0 atom stereocenters. The summed E-state index contributed by atoms with van der Waals surface area (Å²) in [6.45, 7) is 4.42. The van der Waals surface area contributed by atoms with E-state index in [0.717, 1.165) is 9.87 Å². The van der Waals surface area contributed by atoms with Gasteiger partial charge in [-0.25, -0.2) is 16.8 Å². The molecule has 0 saturated heterocycles. The Bertz CT molecular complexity index is 1180. The van der Waals surface area contributed by atoms with Gasteiger partial charge in [-0.2, -0.15) is 8.61 Å². The van der Waals surface area contributed by atoms with Crippen LogP contribution in [-0.2, 0) is 31.3 Å². The van der Waals surface area contributed by atoms with Crippen LogP contribution in [0.25, 0.3) is 0 Å². The highest BCUT2D eigenvalue weighted by Gasteiger charge is 2.30. The molecule has 0 N–H and O–H groups in total. The van der Waals surface area contributed by atoms with Gasteiger partial charge in [-0.05, 0) is 48.7 Å². The van der Waals surface area contributed by atoms with Crippen molar-refractivity contribution in [3.8, 4) is 0 Å². The van der Waals surface area contributed by atoms with Gasteiger partial charge in [-0.3, -0.25) is 9.78 Å². The van der Waals surface area contributed by atoms with E-state index in [1.807, 2.05) is 0 Å². The summed E-state index contributed by atoms with van der Waals surface area (Å²) in [5, 5.41) is 0. The van der Waals surface area contributed by atoms with Gasteiger partial charge in [-0.1, -0.05) is 13.8 Å². The van der Waals surface area contributed by atoms with Gasteiger partial charge < -0.3 is 4.90 Å². The molecule has 11 heteroatoms. The third kappa shape index (κ3) is 4.70. The van der Waals surface area contributed by atoms with Crippen molar-refractivity contribution < 1.29 is 21.6 Å². The van der Waals surface area contributed by atoms with Crippen molar-refractivity contribution in [2.75, 3.05) is 38.1 Å². The first kappa shape index (κ1) is 24.3. The number of nitrogens with zero attached hydrogens (tertiary/aromatic N) is 4. The van der Waals surface area contributed by atoms with Crippen LogP contribution in [0.5, 0.6) is 0 Å². The molecule has 32 heavy (non-hydrogen) atoms. The van der Waals surface area contributed by atoms with E-state index in [2.05, 4.69) is 4.98 Å². The lowest BCUT2D eigenvalue weighted by Gasteiger charge is -2.31. The third-order valence-corrected chi connectivity index (χ3v) is 9.35. The van der Waals surface area contributed by atoms with Gasteiger partial charge in [0.1, 0.15) is 4.90 Å². The third-order valence-electron chi connectivity index (χ3n) is 5.51. The molecule has 3 rings (SSSR count). The fourth-order valence-corrected chi connectivity index (χ4v) is 6.34. The van der Waals surface area contributed by atoms with Crippen LogP contribution in [0.2, 0.25) is 0 Å². The standard InChI is InChI=1S/C21H28N4O5S2/c1-4-24(5-2)32(29,30)18-10-11-20-17(14-18)8-7-13-25(20)21(26)16-23(3)31(27,28)19-9-6-12-22-15-19/h6,9-12,14-15H,4-5,7-8,13,16H2,1-3H3. The molecule has 2 aromatic rings. The molecular formula is C21H28N4O5S2. The second-order valence-electron chi connectivity index (χ2n) is 7.48. The van der Waals surface area contributed by atoms with Crippen LogP contribution >= 0.6 is 0 Å². The van der Waals surface area contributed by atoms with Gasteiger partial charge in [0, 0.05) is 44.8 Å². The summed E-state index contributed by atoms with van der Waals surface area (Å²) in [6.07, 6.45) is 4.02. The molecule has 1 aromatic heterocycles. The first-order valence-electron chi connectivity index (χ1n) is 10.4. The molecule has 0 saturated carbocycles. The number of carbonyl (C=O) groups excluding carboxylic acids is 1. The fraction of sp³-hybridized carbons (Fsp3) is 0.429. The maximum absolute atomic E-state index is 13.0. The molecule has 174 valence electrons. The van der Waals surface area contributed by atoms with Gasteiger partial charge in [0.25, 0.3) is 0 Å². The summed E-state index contributed by atoms with van der Waals surface area (Å²) in [7, 11) is -6.11. The Hall–Kier alpha value is -2.34. The molecule has 1 aliphatic heterocycles. The number of amides is 1. The molecule has 0 unspecified atom stereocenters. The first-order valence-corrected chi connectivity index (χ1v) is 13.3. The summed E-state index contributed by atoms with van der Waals surface area (Å²) in [4.78, 5) is 18.6. The van der Waals surface area contributed by atoms with E-state index < -0.39 is 20.0 Å². The highest BCUT2D eigenvalue weighted by atomic mass is 32.2. The maximum atomic E-state index is 13.0. The van der Waals surface area contributed by atoms with E-state index >= 15 is 0 Å². The molecule has 9 nitrogen and oxygen atoms in total. The highest BCUT2D eigenvalue weighted by molar-refractivity contribution is 7.89. The van der Waals surface area contributed by atoms with Crippen LogP contribution in [0, 0.1) is 0 Å². The fourth-order valence-electron chi connectivity index (χ4n) is 3.75. The molecule has 1 aromatic carbocycles. The molecule has 0 aliphatic carbocycles. The lowest BCUT2D eigenvalue weighted by atomic mass is 10.0. The van der Waals surface area contributed by atoms with Gasteiger partial charge in [0.2, 0.25) is 26.0 Å². The first-order chi connectivity index (χ1) is 15.1. The lowest BCUT2D eigenvalue weighted by Crippen LogP contribution is -2.43.